The van der Waals surface area contributed by atoms with Crippen LogP contribution in [0.15, 0.2) is 47.6 Å². The van der Waals surface area contributed by atoms with Gasteiger partial charge in [-0.25, -0.2) is 12.8 Å². The van der Waals surface area contributed by atoms with Crippen molar-refractivity contribution in [1.82, 2.24) is 15.1 Å². The van der Waals surface area contributed by atoms with Crippen LogP contribution in [0.3, 0.4) is 0 Å². The summed E-state index contributed by atoms with van der Waals surface area (Å²) in [5, 5.41) is 7.52. The van der Waals surface area contributed by atoms with Gasteiger partial charge in [0.25, 0.3) is 0 Å². The summed E-state index contributed by atoms with van der Waals surface area (Å²) >= 11 is 0. The molecule has 0 bridgehead atoms. The fourth-order valence-corrected chi connectivity index (χ4v) is 3.58. The van der Waals surface area contributed by atoms with Crippen molar-refractivity contribution in [3.8, 4) is 0 Å². The Balaban J connectivity index is 1.79. The Morgan fingerprint density at radius 1 is 1.26 bits per heavy atom. The second-order valence-electron chi connectivity index (χ2n) is 5.60. The summed E-state index contributed by atoms with van der Waals surface area (Å²) in [5.74, 6) is -0.402. The van der Waals surface area contributed by atoms with Gasteiger partial charge in [0.15, 0.2) is 9.84 Å². The molecule has 0 aliphatic heterocycles. The summed E-state index contributed by atoms with van der Waals surface area (Å²) in [6.45, 7) is 4.69. The van der Waals surface area contributed by atoms with Gasteiger partial charge in [-0.2, -0.15) is 5.10 Å². The first kappa shape index (κ1) is 17.6. The molecule has 2 atom stereocenters. The lowest BCUT2D eigenvalue weighted by Gasteiger charge is -2.21. The fraction of sp³-hybridized carbons (Fsp3) is 0.438. The largest absolute Gasteiger partial charge is 0.312 e. The van der Waals surface area contributed by atoms with Crippen molar-refractivity contribution in [2.24, 2.45) is 0 Å². The molecule has 23 heavy (non-hydrogen) atoms. The Kier molecular flexibility index (Phi) is 5.90. The number of hydrogen-bond acceptors (Lipinski definition) is 4. The number of rotatable bonds is 8. The van der Waals surface area contributed by atoms with Crippen LogP contribution >= 0.6 is 0 Å². The Labute approximate surface area is 136 Å². The van der Waals surface area contributed by atoms with E-state index in [1.807, 2.05) is 23.9 Å². The Morgan fingerprint density at radius 2 is 1.96 bits per heavy atom. The Morgan fingerprint density at radius 3 is 2.57 bits per heavy atom. The van der Waals surface area contributed by atoms with Crippen LogP contribution in [0.2, 0.25) is 0 Å². The van der Waals surface area contributed by atoms with Crippen molar-refractivity contribution in [2.45, 2.75) is 37.2 Å². The smallest absolute Gasteiger partial charge is 0.178 e. The van der Waals surface area contributed by atoms with E-state index in [0.29, 0.717) is 13.0 Å². The highest BCUT2D eigenvalue weighted by Gasteiger charge is 2.16. The molecule has 0 spiro atoms. The molecule has 0 radical (unpaired) electrons. The lowest BCUT2D eigenvalue weighted by molar-refractivity contribution is 0.367. The molecule has 0 aliphatic carbocycles. The zero-order chi connectivity index (χ0) is 16.9. The van der Waals surface area contributed by atoms with E-state index in [1.54, 1.807) is 6.20 Å². The molecule has 0 saturated heterocycles. The molecular weight excluding hydrogens is 317 g/mol. The summed E-state index contributed by atoms with van der Waals surface area (Å²) < 4.78 is 39.0. The van der Waals surface area contributed by atoms with Crippen molar-refractivity contribution in [3.05, 3.63) is 48.5 Å². The molecule has 5 nitrogen and oxygen atoms in total. The average molecular weight is 339 g/mol. The first-order chi connectivity index (χ1) is 10.9. The highest BCUT2D eigenvalue weighted by Crippen LogP contribution is 2.13. The van der Waals surface area contributed by atoms with Crippen molar-refractivity contribution >= 4 is 9.84 Å². The third-order valence-electron chi connectivity index (χ3n) is 3.89. The monoisotopic (exact) mass is 339 g/mol. The normalized spacial score (nSPS) is 14.6. The molecule has 0 saturated carbocycles. The van der Waals surface area contributed by atoms with Gasteiger partial charge in [-0.1, -0.05) is 0 Å². The van der Waals surface area contributed by atoms with Crippen LogP contribution < -0.4 is 5.32 Å². The van der Waals surface area contributed by atoms with Gasteiger partial charge >= 0.3 is 0 Å². The van der Waals surface area contributed by atoms with Crippen LogP contribution in [0.4, 0.5) is 4.39 Å². The van der Waals surface area contributed by atoms with Crippen molar-refractivity contribution in [2.75, 3.05) is 12.3 Å². The third kappa shape index (κ3) is 4.87. The molecule has 2 aromatic rings. The van der Waals surface area contributed by atoms with Gasteiger partial charge in [-0.3, -0.25) is 4.68 Å². The lowest BCUT2D eigenvalue weighted by atomic mass is 10.2. The summed E-state index contributed by atoms with van der Waals surface area (Å²) in [7, 11) is -3.36. The third-order valence-corrected chi connectivity index (χ3v) is 5.71. The average Bonchev–Trinajstić information content (AvgIpc) is 3.05. The SMILES string of the molecule is C[C@H](NCCCS(=O)(=O)c1ccc(F)cc1)[C@@H](C)n1cccn1. The van der Waals surface area contributed by atoms with E-state index in [2.05, 4.69) is 17.3 Å². The quantitative estimate of drug-likeness (QED) is 0.593. The van der Waals surface area contributed by atoms with Gasteiger partial charge in [-0.15, -0.1) is 0 Å². The van der Waals surface area contributed by atoms with Gasteiger partial charge in [0.05, 0.1) is 16.7 Å². The lowest BCUT2D eigenvalue weighted by Crippen LogP contribution is -2.35. The number of nitrogens with one attached hydrogen (secondary N) is 1. The molecule has 1 heterocycles. The zero-order valence-corrected chi connectivity index (χ0v) is 14.1. The van der Waals surface area contributed by atoms with Crippen LogP contribution in [0, 0.1) is 5.82 Å². The van der Waals surface area contributed by atoms with Gasteiger partial charge in [0.2, 0.25) is 0 Å². The van der Waals surface area contributed by atoms with Crippen molar-refractivity contribution in [3.63, 3.8) is 0 Å². The highest BCUT2D eigenvalue weighted by molar-refractivity contribution is 7.91. The number of aromatic nitrogens is 2. The van der Waals surface area contributed by atoms with Crippen LogP contribution in [-0.4, -0.2) is 36.5 Å². The van der Waals surface area contributed by atoms with Crippen molar-refractivity contribution in [1.29, 1.82) is 0 Å². The molecule has 0 amide bonds. The van der Waals surface area contributed by atoms with E-state index in [-0.39, 0.29) is 22.7 Å². The van der Waals surface area contributed by atoms with E-state index in [1.165, 1.54) is 24.3 Å². The second kappa shape index (κ2) is 7.70. The van der Waals surface area contributed by atoms with Gasteiger partial charge in [0.1, 0.15) is 5.82 Å². The van der Waals surface area contributed by atoms with Crippen LogP contribution in [0.25, 0.3) is 0 Å². The molecule has 2 rings (SSSR count). The Bertz CT molecular complexity index is 699. The zero-order valence-electron chi connectivity index (χ0n) is 13.3. The van der Waals surface area contributed by atoms with Gasteiger partial charge in [0, 0.05) is 18.4 Å². The molecule has 126 valence electrons. The summed E-state index contributed by atoms with van der Waals surface area (Å²) in [6.07, 6.45) is 4.14. The first-order valence-corrected chi connectivity index (χ1v) is 9.26. The number of hydrogen-bond donors (Lipinski definition) is 1. The summed E-state index contributed by atoms with van der Waals surface area (Å²) in [6, 6.07) is 7.17. The topological polar surface area (TPSA) is 64.0 Å². The first-order valence-electron chi connectivity index (χ1n) is 7.61. The predicted octanol–water partition coefficient (Wildman–Crippen LogP) is 2.43. The molecule has 7 heteroatoms. The Hall–Kier alpha value is -1.73. The maximum absolute atomic E-state index is 12.9. The predicted molar refractivity (Wildman–Crippen MR) is 87.5 cm³/mol. The van der Waals surface area contributed by atoms with Gasteiger partial charge < -0.3 is 5.32 Å². The molecule has 1 aromatic carbocycles. The van der Waals surface area contributed by atoms with Crippen LogP contribution in [0.5, 0.6) is 0 Å². The molecule has 0 fully saturated rings. The van der Waals surface area contributed by atoms with Crippen LogP contribution in [-0.2, 0) is 9.84 Å². The van der Waals surface area contributed by atoms with E-state index in [9.17, 15) is 12.8 Å². The maximum Gasteiger partial charge on any atom is 0.178 e. The number of sulfone groups is 1. The molecular formula is C16H22FN3O2S. The summed E-state index contributed by atoms with van der Waals surface area (Å²) in [5.41, 5.74) is 0. The molecule has 1 N–H and O–H groups in total. The highest BCUT2D eigenvalue weighted by atomic mass is 32.2. The molecule has 0 aliphatic rings. The fourth-order valence-electron chi connectivity index (χ4n) is 2.27. The second-order valence-corrected chi connectivity index (χ2v) is 7.70. The van der Waals surface area contributed by atoms with E-state index in [4.69, 9.17) is 0 Å². The van der Waals surface area contributed by atoms with E-state index < -0.39 is 15.7 Å². The van der Waals surface area contributed by atoms with E-state index in [0.717, 1.165) is 0 Å². The number of benzene rings is 1. The minimum atomic E-state index is -3.36. The maximum atomic E-state index is 12.9. The molecule has 1 aromatic heterocycles. The van der Waals surface area contributed by atoms with E-state index >= 15 is 0 Å². The standard InChI is InChI=1S/C16H22FN3O2S/c1-13(14(2)20-11-3-10-19-20)18-9-4-12-23(21,22)16-7-5-15(17)6-8-16/h3,5-8,10-11,13-14,18H,4,9,12H2,1-2H3/t13-,14+/m0/s1. The minimum absolute atomic E-state index is 0.0362. The number of halogens is 1. The van der Waals surface area contributed by atoms with Crippen LogP contribution in [0.1, 0.15) is 26.3 Å². The molecule has 0 unspecified atom stereocenters. The number of nitrogens with zero attached hydrogens (tertiary/aromatic N) is 2. The minimum Gasteiger partial charge on any atom is -0.312 e. The van der Waals surface area contributed by atoms with Crippen molar-refractivity contribution < 1.29 is 12.8 Å². The van der Waals surface area contributed by atoms with Gasteiger partial charge in [-0.05, 0) is 57.1 Å². The summed E-state index contributed by atoms with van der Waals surface area (Å²) in [4.78, 5) is 0.164.